The van der Waals surface area contributed by atoms with Crippen LogP contribution >= 0.6 is 0 Å². The van der Waals surface area contributed by atoms with Crippen molar-refractivity contribution in [2.45, 2.75) is 39.7 Å². The summed E-state index contributed by atoms with van der Waals surface area (Å²) in [6.07, 6.45) is -0.553. The third kappa shape index (κ3) is 5.17. The predicted octanol–water partition coefficient (Wildman–Crippen LogP) is 3.87. The molecule has 1 atom stereocenters. The summed E-state index contributed by atoms with van der Waals surface area (Å²) < 4.78 is 5.81. The highest BCUT2D eigenvalue weighted by Crippen LogP contribution is 2.18. The summed E-state index contributed by atoms with van der Waals surface area (Å²) in [4.78, 5) is 29.1. The Bertz CT molecular complexity index is 853. The molecule has 5 nitrogen and oxygen atoms in total. The smallest absolute Gasteiger partial charge is 0.263 e. The van der Waals surface area contributed by atoms with E-state index in [0.717, 1.165) is 5.56 Å². The van der Waals surface area contributed by atoms with Gasteiger partial charge in [-0.15, -0.1) is 0 Å². The average molecular weight is 395 g/mol. The van der Waals surface area contributed by atoms with E-state index in [1.807, 2.05) is 60.4 Å². The maximum Gasteiger partial charge on any atom is 0.263 e. The predicted molar refractivity (Wildman–Crippen MR) is 114 cm³/mol. The van der Waals surface area contributed by atoms with Crippen LogP contribution in [0.15, 0.2) is 48.5 Å². The van der Waals surface area contributed by atoms with Crippen LogP contribution in [0.2, 0.25) is 0 Å². The van der Waals surface area contributed by atoms with Crippen LogP contribution in [0.4, 0.5) is 0 Å². The van der Waals surface area contributed by atoms with Crippen molar-refractivity contribution in [2.75, 3.05) is 26.2 Å². The molecule has 0 spiro atoms. The van der Waals surface area contributed by atoms with Gasteiger partial charge in [-0.05, 0) is 55.2 Å². The van der Waals surface area contributed by atoms with E-state index in [1.54, 1.807) is 11.8 Å². The summed E-state index contributed by atoms with van der Waals surface area (Å²) in [7, 11) is 0. The molecule has 154 valence electrons. The number of benzene rings is 2. The maximum absolute atomic E-state index is 12.8. The molecule has 0 aromatic heterocycles. The first-order valence-electron chi connectivity index (χ1n) is 10.3. The molecular formula is C24H30N2O3. The number of hydrogen-bond donors (Lipinski definition) is 0. The van der Waals surface area contributed by atoms with E-state index in [0.29, 0.717) is 43.4 Å². The first kappa shape index (κ1) is 20.9. The zero-order chi connectivity index (χ0) is 21.0. The number of amides is 2. The largest absolute Gasteiger partial charge is 0.481 e. The van der Waals surface area contributed by atoms with Crippen molar-refractivity contribution in [3.8, 4) is 5.75 Å². The van der Waals surface area contributed by atoms with E-state index in [-0.39, 0.29) is 11.8 Å². The van der Waals surface area contributed by atoms with Crippen LogP contribution in [0.3, 0.4) is 0 Å². The number of nitrogens with zero attached hydrogens (tertiary/aromatic N) is 2. The fourth-order valence-electron chi connectivity index (χ4n) is 3.52. The van der Waals surface area contributed by atoms with E-state index >= 15 is 0 Å². The molecule has 0 N–H and O–H groups in total. The van der Waals surface area contributed by atoms with Crippen molar-refractivity contribution in [1.29, 1.82) is 0 Å². The van der Waals surface area contributed by atoms with Crippen LogP contribution in [0.1, 0.15) is 48.2 Å². The summed E-state index contributed by atoms with van der Waals surface area (Å²) in [6.45, 7) is 10.2. The fourth-order valence-corrected chi connectivity index (χ4v) is 3.52. The van der Waals surface area contributed by atoms with Gasteiger partial charge in [0.1, 0.15) is 5.75 Å². The van der Waals surface area contributed by atoms with Gasteiger partial charge in [0.2, 0.25) is 0 Å². The molecule has 5 heteroatoms. The van der Waals surface area contributed by atoms with Gasteiger partial charge < -0.3 is 14.5 Å². The molecule has 1 aliphatic heterocycles. The van der Waals surface area contributed by atoms with Crippen LogP contribution < -0.4 is 4.74 Å². The van der Waals surface area contributed by atoms with Crippen molar-refractivity contribution < 1.29 is 14.3 Å². The first-order chi connectivity index (χ1) is 13.8. The molecule has 0 radical (unpaired) electrons. The van der Waals surface area contributed by atoms with Crippen molar-refractivity contribution >= 4 is 11.8 Å². The van der Waals surface area contributed by atoms with Crippen molar-refractivity contribution in [2.24, 2.45) is 0 Å². The van der Waals surface area contributed by atoms with Crippen LogP contribution in [0.5, 0.6) is 5.75 Å². The molecule has 0 bridgehead atoms. The molecule has 2 amide bonds. The van der Waals surface area contributed by atoms with Crippen molar-refractivity contribution in [1.82, 2.24) is 9.80 Å². The Hall–Kier alpha value is -2.82. The number of piperazine rings is 1. The van der Waals surface area contributed by atoms with Gasteiger partial charge >= 0.3 is 0 Å². The average Bonchev–Trinajstić information content (AvgIpc) is 2.73. The van der Waals surface area contributed by atoms with Gasteiger partial charge in [0.15, 0.2) is 6.10 Å². The summed E-state index contributed by atoms with van der Waals surface area (Å²) in [5.41, 5.74) is 3.01. The van der Waals surface area contributed by atoms with E-state index in [4.69, 9.17) is 4.74 Å². The minimum atomic E-state index is -0.553. The molecule has 1 fully saturated rings. The number of rotatable bonds is 5. The minimum absolute atomic E-state index is 0.0245. The van der Waals surface area contributed by atoms with Gasteiger partial charge in [-0.1, -0.05) is 38.1 Å². The van der Waals surface area contributed by atoms with Gasteiger partial charge in [0.25, 0.3) is 11.8 Å². The normalized spacial score (nSPS) is 15.3. The van der Waals surface area contributed by atoms with Crippen LogP contribution in [-0.2, 0) is 4.79 Å². The van der Waals surface area contributed by atoms with Gasteiger partial charge in [0, 0.05) is 31.7 Å². The van der Waals surface area contributed by atoms with Gasteiger partial charge in [-0.2, -0.15) is 0 Å². The lowest BCUT2D eigenvalue weighted by Crippen LogP contribution is -2.53. The molecule has 1 unspecified atom stereocenters. The zero-order valence-corrected chi connectivity index (χ0v) is 17.7. The standard InChI is InChI=1S/C24H30N2O3/c1-17(2)20-8-10-21(11-9-20)24(28)26-14-12-25(13-15-26)23(27)19(4)29-22-7-5-6-18(3)16-22/h5-11,16-17,19H,12-15H2,1-4H3. The summed E-state index contributed by atoms with van der Waals surface area (Å²) in [5, 5.41) is 0. The first-order valence-corrected chi connectivity index (χ1v) is 10.3. The lowest BCUT2D eigenvalue weighted by Gasteiger charge is -2.36. The quantitative estimate of drug-likeness (QED) is 0.774. The fraction of sp³-hybridized carbons (Fsp3) is 0.417. The molecule has 1 aliphatic rings. The second-order valence-corrected chi connectivity index (χ2v) is 7.97. The maximum atomic E-state index is 12.8. The number of carbonyl (C=O) groups excluding carboxylic acids is 2. The molecule has 3 rings (SSSR count). The topological polar surface area (TPSA) is 49.9 Å². The highest BCUT2D eigenvalue weighted by molar-refractivity contribution is 5.94. The highest BCUT2D eigenvalue weighted by atomic mass is 16.5. The van der Waals surface area contributed by atoms with E-state index in [2.05, 4.69) is 13.8 Å². The van der Waals surface area contributed by atoms with E-state index < -0.39 is 6.10 Å². The van der Waals surface area contributed by atoms with Gasteiger partial charge in [-0.3, -0.25) is 9.59 Å². The molecule has 0 aliphatic carbocycles. The van der Waals surface area contributed by atoms with E-state index in [1.165, 1.54) is 5.56 Å². The molecule has 0 saturated carbocycles. The number of aryl methyl sites for hydroxylation is 1. The Kier molecular flexibility index (Phi) is 6.57. The van der Waals surface area contributed by atoms with Gasteiger partial charge in [-0.25, -0.2) is 0 Å². The lowest BCUT2D eigenvalue weighted by atomic mass is 10.0. The Labute approximate surface area is 173 Å². The van der Waals surface area contributed by atoms with E-state index in [9.17, 15) is 9.59 Å². The monoisotopic (exact) mass is 394 g/mol. The second kappa shape index (κ2) is 9.12. The summed E-state index contributed by atoms with van der Waals surface area (Å²) in [6, 6.07) is 15.5. The van der Waals surface area contributed by atoms with Gasteiger partial charge in [0.05, 0.1) is 0 Å². The highest BCUT2D eigenvalue weighted by Gasteiger charge is 2.28. The zero-order valence-electron chi connectivity index (χ0n) is 17.7. The van der Waals surface area contributed by atoms with Crippen LogP contribution in [-0.4, -0.2) is 53.9 Å². The molecular weight excluding hydrogens is 364 g/mol. The minimum Gasteiger partial charge on any atom is -0.481 e. The molecule has 2 aromatic carbocycles. The third-order valence-corrected chi connectivity index (χ3v) is 5.35. The molecule has 1 heterocycles. The number of carbonyl (C=O) groups is 2. The number of ether oxygens (including phenoxy) is 1. The molecule has 2 aromatic rings. The second-order valence-electron chi connectivity index (χ2n) is 7.97. The summed E-state index contributed by atoms with van der Waals surface area (Å²) in [5.74, 6) is 1.12. The Morgan fingerprint density at radius 3 is 2.10 bits per heavy atom. The van der Waals surface area contributed by atoms with Crippen molar-refractivity contribution in [3.05, 3.63) is 65.2 Å². The third-order valence-electron chi connectivity index (χ3n) is 5.35. The van der Waals surface area contributed by atoms with Crippen LogP contribution in [0, 0.1) is 6.92 Å². The Morgan fingerprint density at radius 1 is 0.897 bits per heavy atom. The molecule has 1 saturated heterocycles. The Balaban J connectivity index is 1.53. The van der Waals surface area contributed by atoms with Crippen molar-refractivity contribution in [3.63, 3.8) is 0 Å². The number of hydrogen-bond acceptors (Lipinski definition) is 3. The summed E-state index contributed by atoms with van der Waals surface area (Å²) >= 11 is 0. The lowest BCUT2D eigenvalue weighted by molar-refractivity contribution is -0.139. The molecule has 29 heavy (non-hydrogen) atoms. The SMILES string of the molecule is Cc1cccc(OC(C)C(=O)N2CCN(C(=O)c3ccc(C(C)C)cc3)CC2)c1. The Morgan fingerprint density at radius 2 is 1.52 bits per heavy atom. The van der Waals surface area contributed by atoms with Crippen LogP contribution in [0.25, 0.3) is 0 Å².